The molecule has 0 aromatic carbocycles. The molecule has 0 saturated heterocycles. The predicted octanol–water partition coefficient (Wildman–Crippen LogP) is 0.923. The molecular weight excluding hydrogens is 178 g/mol. The maximum Gasteiger partial charge on any atom is 0.241 e. The van der Waals surface area contributed by atoms with Crippen LogP contribution in [0, 0.1) is 0 Å². The summed E-state index contributed by atoms with van der Waals surface area (Å²) in [6.07, 6.45) is 5.29. The molecule has 0 spiro atoms. The molecule has 1 aromatic heterocycles. The minimum absolute atomic E-state index is 0.224. The summed E-state index contributed by atoms with van der Waals surface area (Å²) >= 11 is 0. The number of anilines is 1. The molecule has 0 aliphatic rings. The van der Waals surface area contributed by atoms with Crippen LogP contribution in [-0.2, 0) is 4.79 Å². The smallest absolute Gasteiger partial charge is 0.241 e. The zero-order valence-electron chi connectivity index (χ0n) is 7.81. The van der Waals surface area contributed by atoms with E-state index in [-0.39, 0.29) is 5.91 Å². The number of hydrogen-bond donors (Lipinski definition) is 2. The summed E-state index contributed by atoms with van der Waals surface area (Å²) in [5.41, 5.74) is 6.22. The topological polar surface area (TPSA) is 68.0 Å². The van der Waals surface area contributed by atoms with Crippen molar-refractivity contribution in [2.24, 2.45) is 5.73 Å². The van der Waals surface area contributed by atoms with Crippen molar-refractivity contribution < 1.29 is 4.79 Å². The third-order valence-electron chi connectivity index (χ3n) is 1.69. The number of nitrogens with two attached hydrogens (primary N) is 1. The molecule has 14 heavy (non-hydrogen) atoms. The van der Waals surface area contributed by atoms with E-state index in [9.17, 15) is 4.79 Å². The monoisotopic (exact) mass is 191 g/mol. The van der Waals surface area contributed by atoms with E-state index < -0.39 is 6.04 Å². The molecule has 74 valence electrons. The van der Waals surface area contributed by atoms with Gasteiger partial charge in [0.2, 0.25) is 5.91 Å². The third kappa shape index (κ3) is 2.99. The van der Waals surface area contributed by atoms with E-state index in [1.807, 2.05) is 0 Å². The van der Waals surface area contributed by atoms with Gasteiger partial charge in [-0.3, -0.25) is 9.78 Å². The Hall–Kier alpha value is -1.68. The van der Waals surface area contributed by atoms with Crippen LogP contribution < -0.4 is 11.1 Å². The summed E-state index contributed by atoms with van der Waals surface area (Å²) < 4.78 is 0. The first-order chi connectivity index (χ1) is 6.74. The first kappa shape index (κ1) is 10.4. The van der Waals surface area contributed by atoms with Gasteiger partial charge >= 0.3 is 0 Å². The Morgan fingerprint density at radius 3 is 3.14 bits per heavy atom. The van der Waals surface area contributed by atoms with Crippen molar-refractivity contribution in [2.45, 2.75) is 12.5 Å². The molecule has 4 nitrogen and oxygen atoms in total. The average Bonchev–Trinajstić information content (AvgIpc) is 2.19. The van der Waals surface area contributed by atoms with Crippen molar-refractivity contribution in [2.75, 3.05) is 5.32 Å². The summed E-state index contributed by atoms with van der Waals surface area (Å²) in [5.74, 6) is -0.224. The molecule has 0 saturated carbocycles. The Bertz CT molecular complexity index is 310. The van der Waals surface area contributed by atoms with Crippen molar-refractivity contribution in [1.82, 2.24) is 4.98 Å². The van der Waals surface area contributed by atoms with Crippen LogP contribution in [0.1, 0.15) is 6.42 Å². The highest BCUT2D eigenvalue weighted by atomic mass is 16.2. The Morgan fingerprint density at radius 2 is 2.57 bits per heavy atom. The number of carbonyl (C=O) groups excluding carboxylic acids is 1. The Morgan fingerprint density at radius 1 is 1.79 bits per heavy atom. The molecule has 0 aliphatic carbocycles. The molecular formula is C10H13N3O. The van der Waals surface area contributed by atoms with Crippen molar-refractivity contribution >= 4 is 11.6 Å². The molecule has 4 heteroatoms. The number of amides is 1. The number of carbonyl (C=O) groups is 1. The summed E-state index contributed by atoms with van der Waals surface area (Å²) in [4.78, 5) is 15.3. The molecule has 1 amide bonds. The molecule has 3 N–H and O–H groups in total. The maximum atomic E-state index is 11.4. The quantitative estimate of drug-likeness (QED) is 0.695. The van der Waals surface area contributed by atoms with Gasteiger partial charge in [-0.1, -0.05) is 6.08 Å². The third-order valence-corrected chi connectivity index (χ3v) is 1.69. The van der Waals surface area contributed by atoms with Crippen molar-refractivity contribution in [3.63, 3.8) is 0 Å². The van der Waals surface area contributed by atoms with Crippen LogP contribution in [0.25, 0.3) is 0 Å². The lowest BCUT2D eigenvalue weighted by molar-refractivity contribution is -0.117. The maximum absolute atomic E-state index is 11.4. The number of hydrogen-bond acceptors (Lipinski definition) is 3. The molecule has 0 bridgehead atoms. The standard InChI is InChI=1S/C10H13N3O/c1-2-4-9(11)10(14)13-8-5-3-6-12-7-8/h2-3,5-7,9H,1,4,11H2,(H,13,14). The highest BCUT2D eigenvalue weighted by molar-refractivity contribution is 5.94. The van der Waals surface area contributed by atoms with E-state index in [4.69, 9.17) is 5.73 Å². The zero-order valence-corrected chi connectivity index (χ0v) is 7.81. The summed E-state index contributed by atoms with van der Waals surface area (Å²) in [5, 5.41) is 2.65. The predicted molar refractivity (Wildman–Crippen MR) is 55.7 cm³/mol. The second-order valence-corrected chi connectivity index (χ2v) is 2.86. The zero-order chi connectivity index (χ0) is 10.4. The fraction of sp³-hybridized carbons (Fsp3) is 0.200. The normalized spacial score (nSPS) is 11.8. The summed E-state index contributed by atoms with van der Waals surface area (Å²) in [7, 11) is 0. The van der Waals surface area contributed by atoms with E-state index in [0.717, 1.165) is 0 Å². The number of rotatable bonds is 4. The Kier molecular flexibility index (Phi) is 3.82. The molecule has 1 unspecified atom stereocenters. The fourth-order valence-corrected chi connectivity index (χ4v) is 0.958. The molecule has 1 aromatic rings. The fourth-order valence-electron chi connectivity index (χ4n) is 0.958. The van der Waals surface area contributed by atoms with Crippen LogP contribution in [0.3, 0.4) is 0 Å². The van der Waals surface area contributed by atoms with E-state index >= 15 is 0 Å². The van der Waals surface area contributed by atoms with Crippen LogP contribution in [0.2, 0.25) is 0 Å². The van der Waals surface area contributed by atoms with Crippen molar-refractivity contribution in [3.8, 4) is 0 Å². The van der Waals surface area contributed by atoms with Gasteiger partial charge in [-0.15, -0.1) is 6.58 Å². The summed E-state index contributed by atoms with van der Waals surface area (Å²) in [6, 6.07) is 2.95. The second-order valence-electron chi connectivity index (χ2n) is 2.86. The molecule has 0 aliphatic heterocycles. The largest absolute Gasteiger partial charge is 0.323 e. The minimum Gasteiger partial charge on any atom is -0.323 e. The van der Waals surface area contributed by atoms with Gasteiger partial charge < -0.3 is 11.1 Å². The van der Waals surface area contributed by atoms with Gasteiger partial charge in [-0.2, -0.15) is 0 Å². The molecule has 1 atom stereocenters. The molecule has 1 heterocycles. The van der Waals surface area contributed by atoms with Crippen LogP contribution in [0.5, 0.6) is 0 Å². The number of pyridine rings is 1. The van der Waals surface area contributed by atoms with E-state index in [1.54, 1.807) is 30.6 Å². The number of nitrogens with zero attached hydrogens (tertiary/aromatic N) is 1. The van der Waals surface area contributed by atoms with Crippen molar-refractivity contribution in [3.05, 3.63) is 37.2 Å². The number of aromatic nitrogens is 1. The first-order valence-corrected chi connectivity index (χ1v) is 4.31. The minimum atomic E-state index is -0.548. The van der Waals surface area contributed by atoms with Gasteiger partial charge in [0.15, 0.2) is 0 Å². The summed E-state index contributed by atoms with van der Waals surface area (Å²) in [6.45, 7) is 3.52. The van der Waals surface area contributed by atoms with Crippen LogP contribution >= 0.6 is 0 Å². The highest BCUT2D eigenvalue weighted by Gasteiger charge is 2.10. The van der Waals surface area contributed by atoms with Crippen LogP contribution in [-0.4, -0.2) is 16.9 Å². The van der Waals surface area contributed by atoms with E-state index in [1.165, 1.54) is 0 Å². The van der Waals surface area contributed by atoms with Gasteiger partial charge in [0.1, 0.15) is 0 Å². The first-order valence-electron chi connectivity index (χ1n) is 4.31. The number of nitrogens with one attached hydrogen (secondary N) is 1. The van der Waals surface area contributed by atoms with Crippen LogP contribution in [0.4, 0.5) is 5.69 Å². The van der Waals surface area contributed by atoms with E-state index in [0.29, 0.717) is 12.1 Å². The van der Waals surface area contributed by atoms with Crippen LogP contribution in [0.15, 0.2) is 37.2 Å². The lowest BCUT2D eigenvalue weighted by Crippen LogP contribution is -2.35. The Labute approximate surface area is 82.8 Å². The van der Waals surface area contributed by atoms with Gasteiger partial charge in [0.05, 0.1) is 17.9 Å². The van der Waals surface area contributed by atoms with Crippen molar-refractivity contribution in [1.29, 1.82) is 0 Å². The SMILES string of the molecule is C=CCC(N)C(=O)Nc1cccnc1. The molecule has 1 rings (SSSR count). The van der Waals surface area contributed by atoms with Gasteiger partial charge in [0, 0.05) is 6.20 Å². The van der Waals surface area contributed by atoms with E-state index in [2.05, 4.69) is 16.9 Å². The molecule has 0 radical (unpaired) electrons. The van der Waals surface area contributed by atoms with Gasteiger partial charge in [-0.25, -0.2) is 0 Å². The average molecular weight is 191 g/mol. The lowest BCUT2D eigenvalue weighted by atomic mass is 10.2. The Balaban J connectivity index is 2.53. The van der Waals surface area contributed by atoms with Gasteiger partial charge in [0.25, 0.3) is 0 Å². The molecule has 0 fully saturated rings. The van der Waals surface area contributed by atoms with Gasteiger partial charge in [-0.05, 0) is 18.6 Å². The lowest BCUT2D eigenvalue weighted by Gasteiger charge is -2.09. The second kappa shape index (κ2) is 5.14. The highest BCUT2D eigenvalue weighted by Crippen LogP contribution is 2.03.